The van der Waals surface area contributed by atoms with Gasteiger partial charge in [0, 0.05) is 25.0 Å². The zero-order valence-corrected chi connectivity index (χ0v) is 18.4. The van der Waals surface area contributed by atoms with Crippen LogP contribution in [0.15, 0.2) is 48.8 Å². The number of amides is 1. The number of aryl methyl sites for hydroxylation is 1. The number of halogens is 2. The number of nitrogens with zero attached hydrogens (tertiary/aromatic N) is 2. The number of ether oxygens (including phenoxy) is 2. The molecule has 1 N–H and O–H groups in total. The number of nitrogens with one attached hydrogen (secondary N) is 1. The molecular weight excluding hydrogens is 421 g/mol. The highest BCUT2D eigenvalue weighted by molar-refractivity contribution is 6.32. The lowest BCUT2D eigenvalue weighted by Crippen LogP contribution is -2.31. The van der Waals surface area contributed by atoms with Gasteiger partial charge in [0.25, 0.3) is 5.91 Å². The summed E-state index contributed by atoms with van der Waals surface area (Å²) in [5.41, 5.74) is 0.870. The molecule has 1 heterocycles. The van der Waals surface area contributed by atoms with Crippen molar-refractivity contribution in [1.29, 1.82) is 0 Å². The number of aromatic nitrogens is 2. The van der Waals surface area contributed by atoms with E-state index >= 15 is 0 Å². The molecule has 1 unspecified atom stereocenters. The molecule has 0 spiro atoms. The van der Waals surface area contributed by atoms with Gasteiger partial charge >= 0.3 is 0 Å². The predicted octanol–water partition coefficient (Wildman–Crippen LogP) is 4.92. The average molecular weight is 446 g/mol. The number of carbonyl (C=O) groups excluding carboxylic acids is 1. The number of hydrogen-bond donors (Lipinski definition) is 1. The van der Waals surface area contributed by atoms with Crippen molar-refractivity contribution in [3.8, 4) is 11.5 Å². The predicted molar refractivity (Wildman–Crippen MR) is 117 cm³/mol. The Balaban J connectivity index is 1.95. The number of hydrogen-bond acceptors (Lipinski definition) is 4. The second-order valence-electron chi connectivity index (χ2n) is 6.92. The van der Waals surface area contributed by atoms with E-state index in [9.17, 15) is 9.18 Å². The average Bonchev–Trinajstić information content (AvgIpc) is 3.17. The van der Waals surface area contributed by atoms with Gasteiger partial charge in [-0.2, -0.15) is 0 Å². The smallest absolute Gasteiger partial charge is 0.252 e. The molecular formula is C23H25ClFN3O3. The Kier molecular flexibility index (Phi) is 7.52. The molecule has 31 heavy (non-hydrogen) atoms. The second-order valence-corrected chi connectivity index (χ2v) is 7.33. The maximum atomic E-state index is 13.9. The zero-order chi connectivity index (χ0) is 22.4. The summed E-state index contributed by atoms with van der Waals surface area (Å²) in [5.74, 6) is 0.575. The van der Waals surface area contributed by atoms with Crippen LogP contribution in [0, 0.1) is 5.82 Å². The van der Waals surface area contributed by atoms with E-state index in [1.54, 1.807) is 35.2 Å². The lowest BCUT2D eigenvalue weighted by molar-refractivity contribution is 0.0940. The summed E-state index contributed by atoms with van der Waals surface area (Å²) >= 11 is 6.40. The quantitative estimate of drug-likeness (QED) is 0.507. The van der Waals surface area contributed by atoms with Gasteiger partial charge in [0.05, 0.1) is 18.2 Å². The standard InChI is InChI=1S/C23H25ClFN3O3/c1-4-11-31-21-18(24)13-16(14-19(21)30-5-2)23(29)27-20(22-26-9-10-28(22)3)15-7-6-8-17(25)12-15/h6-10,12-14,20H,4-5,11H2,1-3H3,(H,27,29). The highest BCUT2D eigenvalue weighted by atomic mass is 35.5. The van der Waals surface area contributed by atoms with Gasteiger partial charge in [-0.05, 0) is 43.2 Å². The number of carbonyl (C=O) groups is 1. The summed E-state index contributed by atoms with van der Waals surface area (Å²) in [6.45, 7) is 4.70. The van der Waals surface area contributed by atoms with Gasteiger partial charge in [0.15, 0.2) is 11.5 Å². The van der Waals surface area contributed by atoms with Crippen LogP contribution in [0.2, 0.25) is 5.02 Å². The molecule has 3 rings (SSSR count). The molecule has 0 bridgehead atoms. The van der Waals surface area contributed by atoms with Crippen LogP contribution in [0.1, 0.15) is 48.1 Å². The molecule has 1 amide bonds. The highest BCUT2D eigenvalue weighted by Crippen LogP contribution is 2.37. The van der Waals surface area contributed by atoms with Gasteiger partial charge < -0.3 is 19.4 Å². The number of rotatable bonds is 9. The maximum absolute atomic E-state index is 13.9. The van der Waals surface area contributed by atoms with Crippen molar-refractivity contribution < 1.29 is 18.7 Å². The topological polar surface area (TPSA) is 65.4 Å². The fourth-order valence-corrected chi connectivity index (χ4v) is 3.42. The fraction of sp³-hybridized carbons (Fsp3) is 0.304. The van der Waals surface area contributed by atoms with Crippen molar-refractivity contribution in [2.75, 3.05) is 13.2 Å². The summed E-state index contributed by atoms with van der Waals surface area (Å²) < 4.78 is 27.0. The minimum atomic E-state index is -0.659. The van der Waals surface area contributed by atoms with Crippen molar-refractivity contribution in [2.45, 2.75) is 26.3 Å². The fourth-order valence-electron chi connectivity index (χ4n) is 3.16. The van der Waals surface area contributed by atoms with E-state index in [-0.39, 0.29) is 5.02 Å². The Morgan fingerprint density at radius 1 is 1.26 bits per heavy atom. The van der Waals surface area contributed by atoms with Crippen molar-refractivity contribution in [3.63, 3.8) is 0 Å². The molecule has 164 valence electrons. The molecule has 1 aromatic heterocycles. The van der Waals surface area contributed by atoms with Crippen molar-refractivity contribution in [3.05, 3.63) is 76.6 Å². The Morgan fingerprint density at radius 2 is 2.06 bits per heavy atom. The van der Waals surface area contributed by atoms with Gasteiger partial charge in [-0.15, -0.1) is 0 Å². The molecule has 0 aliphatic rings. The van der Waals surface area contributed by atoms with Gasteiger partial charge in [0.2, 0.25) is 0 Å². The van der Waals surface area contributed by atoms with Crippen LogP contribution >= 0.6 is 11.6 Å². The van der Waals surface area contributed by atoms with E-state index in [0.29, 0.717) is 41.7 Å². The molecule has 0 radical (unpaired) electrons. The first-order chi connectivity index (χ1) is 14.9. The Labute approximate surface area is 186 Å². The second kappa shape index (κ2) is 10.3. The normalized spacial score (nSPS) is 11.8. The molecule has 0 saturated carbocycles. The Bertz CT molecular complexity index is 1050. The molecule has 0 saturated heterocycles. The summed E-state index contributed by atoms with van der Waals surface area (Å²) in [5, 5.41) is 3.22. The molecule has 2 aromatic carbocycles. The maximum Gasteiger partial charge on any atom is 0.252 e. The third-order valence-corrected chi connectivity index (χ3v) is 4.88. The van der Waals surface area contributed by atoms with Crippen LogP contribution in [0.3, 0.4) is 0 Å². The van der Waals surface area contributed by atoms with E-state index in [2.05, 4.69) is 10.3 Å². The molecule has 0 aliphatic heterocycles. The molecule has 1 atom stereocenters. The van der Waals surface area contributed by atoms with E-state index in [0.717, 1.165) is 6.42 Å². The molecule has 0 aliphatic carbocycles. The van der Waals surface area contributed by atoms with E-state index in [1.165, 1.54) is 18.2 Å². The van der Waals surface area contributed by atoms with Crippen LogP contribution in [0.25, 0.3) is 0 Å². The third-order valence-electron chi connectivity index (χ3n) is 4.60. The van der Waals surface area contributed by atoms with E-state index in [1.807, 2.05) is 20.9 Å². The summed E-state index contributed by atoms with van der Waals surface area (Å²) in [6, 6.07) is 8.53. The Morgan fingerprint density at radius 3 is 2.71 bits per heavy atom. The first-order valence-electron chi connectivity index (χ1n) is 10.1. The van der Waals surface area contributed by atoms with Crippen LogP contribution in [0.4, 0.5) is 4.39 Å². The number of benzene rings is 2. The van der Waals surface area contributed by atoms with Crippen molar-refractivity contribution >= 4 is 17.5 Å². The lowest BCUT2D eigenvalue weighted by Gasteiger charge is -2.20. The SMILES string of the molecule is CCCOc1c(Cl)cc(C(=O)NC(c2cccc(F)c2)c2nccn2C)cc1OCC. The highest BCUT2D eigenvalue weighted by Gasteiger charge is 2.23. The first kappa shape index (κ1) is 22.6. The van der Waals surface area contributed by atoms with Gasteiger partial charge in [-0.25, -0.2) is 9.37 Å². The largest absolute Gasteiger partial charge is 0.490 e. The minimum Gasteiger partial charge on any atom is -0.490 e. The number of imidazole rings is 1. The molecule has 3 aromatic rings. The van der Waals surface area contributed by atoms with Gasteiger partial charge in [0.1, 0.15) is 17.7 Å². The minimum absolute atomic E-state index is 0.281. The molecule has 6 nitrogen and oxygen atoms in total. The van der Waals surface area contributed by atoms with Gasteiger partial charge in [-0.1, -0.05) is 30.7 Å². The summed E-state index contributed by atoms with van der Waals surface area (Å²) in [4.78, 5) is 17.5. The zero-order valence-electron chi connectivity index (χ0n) is 17.7. The molecule has 8 heteroatoms. The summed E-state index contributed by atoms with van der Waals surface area (Å²) in [7, 11) is 1.81. The van der Waals surface area contributed by atoms with E-state index in [4.69, 9.17) is 21.1 Å². The first-order valence-corrected chi connectivity index (χ1v) is 10.4. The van der Waals surface area contributed by atoms with Crippen molar-refractivity contribution in [1.82, 2.24) is 14.9 Å². The van der Waals surface area contributed by atoms with Crippen molar-refractivity contribution in [2.24, 2.45) is 7.05 Å². The van der Waals surface area contributed by atoms with E-state index < -0.39 is 17.8 Å². The van der Waals surface area contributed by atoms with Gasteiger partial charge in [-0.3, -0.25) is 4.79 Å². The third kappa shape index (κ3) is 5.35. The lowest BCUT2D eigenvalue weighted by atomic mass is 10.0. The molecule has 0 fully saturated rings. The Hall–Kier alpha value is -3.06. The monoisotopic (exact) mass is 445 g/mol. The van der Waals surface area contributed by atoms with Crippen LogP contribution in [-0.4, -0.2) is 28.7 Å². The van der Waals surface area contributed by atoms with Crippen LogP contribution < -0.4 is 14.8 Å². The van der Waals surface area contributed by atoms with Crippen LogP contribution in [-0.2, 0) is 7.05 Å². The van der Waals surface area contributed by atoms with Crippen LogP contribution in [0.5, 0.6) is 11.5 Å². The summed E-state index contributed by atoms with van der Waals surface area (Å²) in [6.07, 6.45) is 4.19.